The van der Waals surface area contributed by atoms with Crippen LogP contribution in [0.3, 0.4) is 0 Å². The number of rotatable bonds is 6. The van der Waals surface area contributed by atoms with Gasteiger partial charge in [-0.25, -0.2) is 9.78 Å². The van der Waals surface area contributed by atoms with E-state index in [4.69, 9.17) is 4.74 Å². The number of esters is 1. The van der Waals surface area contributed by atoms with Crippen molar-refractivity contribution in [3.05, 3.63) is 87.5 Å². The number of aromatic nitrogens is 2. The molecule has 0 saturated heterocycles. The van der Waals surface area contributed by atoms with E-state index >= 15 is 0 Å². The standard InChI is InChI=1S/C23H20N2O3S/c1-15-12-19(16(2)25(15)13-18-7-5-11-29-18)22(26)14-28-23(27)21-10-9-17-6-3-4-8-20(17)24-21/h3-12H,13-14H2,1-2H3. The number of para-hydroxylation sites is 1. The normalized spacial score (nSPS) is 11.0. The molecule has 0 aliphatic carbocycles. The number of nitrogens with zero attached hydrogens (tertiary/aromatic N) is 2. The molecule has 29 heavy (non-hydrogen) atoms. The summed E-state index contributed by atoms with van der Waals surface area (Å²) in [6.45, 7) is 4.31. The zero-order valence-corrected chi connectivity index (χ0v) is 17.0. The van der Waals surface area contributed by atoms with Gasteiger partial charge in [0.15, 0.2) is 6.61 Å². The van der Waals surface area contributed by atoms with Crippen LogP contribution >= 0.6 is 11.3 Å². The van der Waals surface area contributed by atoms with Gasteiger partial charge in [-0.2, -0.15) is 0 Å². The van der Waals surface area contributed by atoms with Gasteiger partial charge in [-0.1, -0.05) is 30.3 Å². The van der Waals surface area contributed by atoms with Gasteiger partial charge >= 0.3 is 5.97 Å². The molecule has 0 amide bonds. The summed E-state index contributed by atoms with van der Waals surface area (Å²) in [4.78, 5) is 30.6. The van der Waals surface area contributed by atoms with E-state index < -0.39 is 5.97 Å². The zero-order valence-electron chi connectivity index (χ0n) is 16.2. The van der Waals surface area contributed by atoms with Crippen molar-refractivity contribution >= 4 is 34.0 Å². The molecule has 0 bridgehead atoms. The van der Waals surface area contributed by atoms with Crippen molar-refractivity contribution in [3.63, 3.8) is 0 Å². The van der Waals surface area contributed by atoms with Crippen molar-refractivity contribution in [2.24, 2.45) is 0 Å². The van der Waals surface area contributed by atoms with E-state index in [0.717, 1.165) is 23.3 Å². The second-order valence-corrected chi connectivity index (χ2v) is 7.87. The first-order valence-corrected chi connectivity index (χ1v) is 10.2. The summed E-state index contributed by atoms with van der Waals surface area (Å²) in [6, 6.07) is 16.9. The van der Waals surface area contributed by atoms with E-state index in [9.17, 15) is 9.59 Å². The third kappa shape index (κ3) is 3.98. The minimum Gasteiger partial charge on any atom is -0.453 e. The smallest absolute Gasteiger partial charge is 0.357 e. The lowest BCUT2D eigenvalue weighted by Gasteiger charge is -2.08. The molecule has 0 unspecified atom stereocenters. The van der Waals surface area contributed by atoms with Gasteiger partial charge in [0.1, 0.15) is 5.69 Å². The highest BCUT2D eigenvalue weighted by molar-refractivity contribution is 7.09. The highest BCUT2D eigenvalue weighted by atomic mass is 32.1. The molecule has 0 aliphatic heterocycles. The number of ketones is 1. The third-order valence-corrected chi connectivity index (χ3v) is 5.77. The lowest BCUT2D eigenvalue weighted by atomic mass is 10.1. The molecule has 4 aromatic rings. The minimum absolute atomic E-state index is 0.194. The second kappa shape index (κ2) is 8.01. The summed E-state index contributed by atoms with van der Waals surface area (Å²) >= 11 is 1.68. The number of Topliss-reactive ketones (excluding diaryl/α,β-unsaturated/α-hetero) is 1. The maximum Gasteiger partial charge on any atom is 0.357 e. The number of carbonyl (C=O) groups is 2. The van der Waals surface area contributed by atoms with E-state index in [1.807, 2.05) is 61.7 Å². The van der Waals surface area contributed by atoms with Gasteiger partial charge in [0.25, 0.3) is 0 Å². The van der Waals surface area contributed by atoms with Crippen molar-refractivity contribution < 1.29 is 14.3 Å². The molecule has 6 heteroatoms. The van der Waals surface area contributed by atoms with E-state index in [1.54, 1.807) is 17.4 Å². The Morgan fingerprint density at radius 1 is 1.07 bits per heavy atom. The second-order valence-electron chi connectivity index (χ2n) is 6.84. The van der Waals surface area contributed by atoms with Crippen molar-refractivity contribution in [3.8, 4) is 0 Å². The maximum atomic E-state index is 12.7. The molecule has 1 aromatic carbocycles. The summed E-state index contributed by atoms with van der Waals surface area (Å²) < 4.78 is 7.35. The molecule has 0 fully saturated rings. The molecular formula is C23H20N2O3S. The van der Waals surface area contributed by atoms with Gasteiger partial charge in [0, 0.05) is 27.2 Å². The van der Waals surface area contributed by atoms with Gasteiger partial charge < -0.3 is 9.30 Å². The van der Waals surface area contributed by atoms with E-state index in [1.165, 1.54) is 4.88 Å². The Bertz CT molecular complexity index is 1190. The lowest BCUT2D eigenvalue weighted by molar-refractivity contribution is 0.0469. The number of hydrogen-bond acceptors (Lipinski definition) is 5. The predicted octanol–water partition coefficient (Wildman–Crippen LogP) is 4.80. The molecular weight excluding hydrogens is 384 g/mol. The van der Waals surface area contributed by atoms with Crippen LogP contribution in [0.1, 0.15) is 37.1 Å². The minimum atomic E-state index is -0.600. The van der Waals surface area contributed by atoms with Gasteiger partial charge in [-0.15, -0.1) is 11.3 Å². The number of pyridine rings is 1. The lowest BCUT2D eigenvalue weighted by Crippen LogP contribution is -2.16. The molecule has 0 N–H and O–H groups in total. The maximum absolute atomic E-state index is 12.7. The summed E-state index contributed by atoms with van der Waals surface area (Å²) in [5.41, 5.74) is 3.37. The van der Waals surface area contributed by atoms with Gasteiger partial charge in [-0.05, 0) is 43.5 Å². The highest BCUT2D eigenvalue weighted by Gasteiger charge is 2.19. The molecule has 0 saturated carbocycles. The molecule has 5 nitrogen and oxygen atoms in total. The highest BCUT2D eigenvalue weighted by Crippen LogP contribution is 2.20. The van der Waals surface area contributed by atoms with E-state index in [-0.39, 0.29) is 18.1 Å². The number of benzene rings is 1. The van der Waals surface area contributed by atoms with Crippen LogP contribution in [0.25, 0.3) is 10.9 Å². The molecule has 146 valence electrons. The summed E-state index contributed by atoms with van der Waals surface area (Å²) in [5.74, 6) is -0.818. The van der Waals surface area contributed by atoms with E-state index in [2.05, 4.69) is 15.6 Å². The molecule has 0 atom stereocenters. The number of hydrogen-bond donors (Lipinski definition) is 0. The van der Waals surface area contributed by atoms with Crippen LogP contribution in [-0.4, -0.2) is 27.9 Å². The fourth-order valence-electron chi connectivity index (χ4n) is 3.35. The molecule has 0 radical (unpaired) electrons. The Morgan fingerprint density at radius 3 is 2.69 bits per heavy atom. The fraction of sp³-hybridized carbons (Fsp3) is 0.174. The Kier molecular flexibility index (Phi) is 5.27. The quantitative estimate of drug-likeness (QED) is 0.342. The number of aryl methyl sites for hydroxylation is 1. The third-order valence-electron chi connectivity index (χ3n) is 4.91. The molecule has 3 aromatic heterocycles. The summed E-state index contributed by atoms with van der Waals surface area (Å²) in [7, 11) is 0. The van der Waals surface area contributed by atoms with Crippen LogP contribution in [0.5, 0.6) is 0 Å². The van der Waals surface area contributed by atoms with Gasteiger partial charge in [-0.3, -0.25) is 4.79 Å². The van der Waals surface area contributed by atoms with Gasteiger partial charge in [0.2, 0.25) is 5.78 Å². The van der Waals surface area contributed by atoms with Crippen LogP contribution in [0, 0.1) is 13.8 Å². The number of carbonyl (C=O) groups excluding carboxylic acids is 2. The Balaban J connectivity index is 1.45. The molecule has 0 spiro atoms. The number of thiophene rings is 1. The molecule has 3 heterocycles. The van der Waals surface area contributed by atoms with Crippen molar-refractivity contribution in [1.82, 2.24) is 9.55 Å². The largest absolute Gasteiger partial charge is 0.453 e. The van der Waals surface area contributed by atoms with Crippen LogP contribution in [-0.2, 0) is 11.3 Å². The number of ether oxygens (including phenoxy) is 1. The Labute approximate surface area is 172 Å². The first-order valence-electron chi connectivity index (χ1n) is 9.28. The topological polar surface area (TPSA) is 61.2 Å². The average Bonchev–Trinajstić information content (AvgIpc) is 3.35. The SMILES string of the molecule is Cc1cc(C(=O)COC(=O)c2ccc3ccccc3n2)c(C)n1Cc1cccs1. The monoisotopic (exact) mass is 404 g/mol. The van der Waals surface area contributed by atoms with Crippen LogP contribution < -0.4 is 0 Å². The van der Waals surface area contributed by atoms with Crippen LogP contribution in [0.2, 0.25) is 0 Å². The van der Waals surface area contributed by atoms with Crippen LogP contribution in [0.15, 0.2) is 60.0 Å². The van der Waals surface area contributed by atoms with Crippen molar-refractivity contribution in [1.29, 1.82) is 0 Å². The molecule has 0 aliphatic rings. The van der Waals surface area contributed by atoms with Crippen LogP contribution in [0.4, 0.5) is 0 Å². The average molecular weight is 404 g/mol. The first-order chi connectivity index (χ1) is 14.0. The summed E-state index contributed by atoms with van der Waals surface area (Å²) in [5, 5.41) is 2.98. The summed E-state index contributed by atoms with van der Waals surface area (Å²) in [6.07, 6.45) is 0. The van der Waals surface area contributed by atoms with Gasteiger partial charge in [0.05, 0.1) is 12.1 Å². The predicted molar refractivity (Wildman–Crippen MR) is 114 cm³/mol. The van der Waals surface area contributed by atoms with Crippen molar-refractivity contribution in [2.45, 2.75) is 20.4 Å². The Hall–Kier alpha value is -3.25. The number of fused-ring (bicyclic) bond motifs is 1. The zero-order chi connectivity index (χ0) is 20.4. The fourth-order valence-corrected chi connectivity index (χ4v) is 4.04. The first kappa shape index (κ1) is 19.1. The molecule has 4 rings (SSSR count). The van der Waals surface area contributed by atoms with E-state index in [0.29, 0.717) is 11.1 Å². The Morgan fingerprint density at radius 2 is 1.90 bits per heavy atom. The van der Waals surface area contributed by atoms with Crippen molar-refractivity contribution in [2.75, 3.05) is 6.61 Å².